The first kappa shape index (κ1) is 10.1. The molecule has 0 unspecified atom stereocenters. The maximum atomic E-state index is 5.61. The van der Waals surface area contributed by atoms with Gasteiger partial charge in [-0.1, -0.05) is 6.07 Å². The van der Waals surface area contributed by atoms with E-state index in [9.17, 15) is 0 Å². The van der Waals surface area contributed by atoms with Gasteiger partial charge in [0.2, 0.25) is 0 Å². The summed E-state index contributed by atoms with van der Waals surface area (Å²) in [6.07, 6.45) is 3.39. The molecular formula is C13H13NO3. The standard InChI is InChI=1S/C13H13NO3/c1-2-11(14-8-10-4-5-15-9-10)13-12(3-1)16-6-7-17-13/h1-5,9,14H,6-8H2. The van der Waals surface area contributed by atoms with Crippen LogP contribution in [-0.2, 0) is 6.54 Å². The van der Waals surface area contributed by atoms with Gasteiger partial charge in [0.25, 0.3) is 0 Å². The summed E-state index contributed by atoms with van der Waals surface area (Å²) in [4.78, 5) is 0. The van der Waals surface area contributed by atoms with Crippen LogP contribution in [0.5, 0.6) is 11.5 Å². The third kappa shape index (κ3) is 2.06. The molecule has 88 valence electrons. The number of fused-ring (bicyclic) bond motifs is 1. The third-order valence-electron chi connectivity index (χ3n) is 2.63. The van der Waals surface area contributed by atoms with Crippen LogP contribution in [0.25, 0.3) is 0 Å². The van der Waals surface area contributed by atoms with Gasteiger partial charge in [0, 0.05) is 12.1 Å². The van der Waals surface area contributed by atoms with Crippen molar-refractivity contribution in [3.05, 3.63) is 42.4 Å². The lowest BCUT2D eigenvalue weighted by Crippen LogP contribution is -2.16. The van der Waals surface area contributed by atoms with Crippen molar-refractivity contribution in [1.29, 1.82) is 0 Å². The fourth-order valence-electron chi connectivity index (χ4n) is 1.80. The maximum absolute atomic E-state index is 5.61. The van der Waals surface area contributed by atoms with Gasteiger partial charge < -0.3 is 19.2 Å². The van der Waals surface area contributed by atoms with Gasteiger partial charge in [0.1, 0.15) is 13.2 Å². The SMILES string of the molecule is c1cc(NCc2ccoc2)c2c(c1)OCCO2. The van der Waals surface area contributed by atoms with Crippen molar-refractivity contribution in [3.8, 4) is 11.5 Å². The molecule has 4 heteroatoms. The third-order valence-corrected chi connectivity index (χ3v) is 2.63. The highest BCUT2D eigenvalue weighted by Crippen LogP contribution is 2.37. The number of furan rings is 1. The van der Waals surface area contributed by atoms with Crippen molar-refractivity contribution < 1.29 is 13.9 Å². The molecule has 17 heavy (non-hydrogen) atoms. The maximum Gasteiger partial charge on any atom is 0.184 e. The molecule has 1 aromatic heterocycles. The lowest BCUT2D eigenvalue weighted by Gasteiger charge is -2.21. The summed E-state index contributed by atoms with van der Waals surface area (Å²) in [5, 5.41) is 3.31. The number of ether oxygens (including phenoxy) is 2. The Bertz CT molecular complexity index is 493. The molecule has 0 atom stereocenters. The van der Waals surface area contributed by atoms with E-state index in [1.165, 1.54) is 0 Å². The Hall–Kier alpha value is -2.10. The first-order valence-electron chi connectivity index (χ1n) is 5.57. The first-order chi connectivity index (χ1) is 8.43. The average Bonchev–Trinajstić information content (AvgIpc) is 2.89. The van der Waals surface area contributed by atoms with E-state index >= 15 is 0 Å². The Morgan fingerprint density at radius 1 is 1.12 bits per heavy atom. The second-order valence-corrected chi connectivity index (χ2v) is 3.81. The smallest absolute Gasteiger partial charge is 0.184 e. The fourth-order valence-corrected chi connectivity index (χ4v) is 1.80. The summed E-state index contributed by atoms with van der Waals surface area (Å²) < 4.78 is 16.2. The molecule has 0 radical (unpaired) electrons. The van der Waals surface area contributed by atoms with E-state index in [-0.39, 0.29) is 0 Å². The molecule has 1 aliphatic rings. The van der Waals surface area contributed by atoms with E-state index < -0.39 is 0 Å². The van der Waals surface area contributed by atoms with E-state index in [4.69, 9.17) is 13.9 Å². The molecule has 2 aromatic rings. The second kappa shape index (κ2) is 4.41. The van der Waals surface area contributed by atoms with Gasteiger partial charge >= 0.3 is 0 Å². The zero-order valence-electron chi connectivity index (χ0n) is 9.31. The highest BCUT2D eigenvalue weighted by atomic mass is 16.6. The summed E-state index contributed by atoms with van der Waals surface area (Å²) in [6.45, 7) is 1.91. The van der Waals surface area contributed by atoms with Crippen LogP contribution in [0, 0.1) is 0 Å². The minimum Gasteiger partial charge on any atom is -0.486 e. The predicted molar refractivity (Wildman–Crippen MR) is 63.5 cm³/mol. The highest BCUT2D eigenvalue weighted by Gasteiger charge is 2.15. The molecule has 0 amide bonds. The van der Waals surface area contributed by atoms with Crippen molar-refractivity contribution in [2.75, 3.05) is 18.5 Å². The van der Waals surface area contributed by atoms with Crippen molar-refractivity contribution in [1.82, 2.24) is 0 Å². The summed E-state index contributed by atoms with van der Waals surface area (Å²) in [7, 11) is 0. The van der Waals surface area contributed by atoms with Gasteiger partial charge in [-0.15, -0.1) is 0 Å². The van der Waals surface area contributed by atoms with E-state index in [1.54, 1.807) is 12.5 Å². The van der Waals surface area contributed by atoms with Crippen LogP contribution >= 0.6 is 0 Å². The number of rotatable bonds is 3. The van der Waals surface area contributed by atoms with Gasteiger partial charge in [-0.2, -0.15) is 0 Å². The number of benzene rings is 1. The number of anilines is 1. The van der Waals surface area contributed by atoms with Crippen molar-refractivity contribution in [2.24, 2.45) is 0 Å². The highest BCUT2D eigenvalue weighted by molar-refractivity contribution is 5.63. The average molecular weight is 231 g/mol. The van der Waals surface area contributed by atoms with Crippen LogP contribution in [0.3, 0.4) is 0 Å². The molecule has 4 nitrogen and oxygen atoms in total. The number of nitrogens with one attached hydrogen (secondary N) is 1. The molecule has 1 aromatic carbocycles. The normalized spacial score (nSPS) is 13.4. The summed E-state index contributed by atoms with van der Waals surface area (Å²) >= 11 is 0. The van der Waals surface area contributed by atoms with E-state index in [0.717, 1.165) is 22.7 Å². The topological polar surface area (TPSA) is 43.6 Å². The molecule has 0 saturated heterocycles. The van der Waals surface area contributed by atoms with E-state index in [1.807, 2.05) is 24.3 Å². The molecule has 1 aliphatic heterocycles. The molecule has 0 bridgehead atoms. The molecule has 3 rings (SSSR count). The summed E-state index contributed by atoms with van der Waals surface area (Å²) in [5.74, 6) is 1.59. The lowest BCUT2D eigenvalue weighted by atomic mass is 10.2. The monoisotopic (exact) mass is 231 g/mol. The lowest BCUT2D eigenvalue weighted by molar-refractivity contribution is 0.172. The zero-order valence-corrected chi connectivity index (χ0v) is 9.31. The molecule has 0 spiro atoms. The van der Waals surface area contributed by atoms with Gasteiger partial charge in [-0.3, -0.25) is 0 Å². The second-order valence-electron chi connectivity index (χ2n) is 3.81. The van der Waals surface area contributed by atoms with Crippen molar-refractivity contribution >= 4 is 5.69 Å². The van der Waals surface area contributed by atoms with E-state index in [2.05, 4.69) is 5.32 Å². The molecule has 0 saturated carbocycles. The molecular weight excluding hydrogens is 218 g/mol. The van der Waals surface area contributed by atoms with Crippen molar-refractivity contribution in [2.45, 2.75) is 6.54 Å². The van der Waals surface area contributed by atoms with E-state index in [0.29, 0.717) is 19.8 Å². The Kier molecular flexibility index (Phi) is 2.62. The van der Waals surface area contributed by atoms with Crippen LogP contribution < -0.4 is 14.8 Å². The molecule has 1 N–H and O–H groups in total. The Morgan fingerprint density at radius 2 is 2.06 bits per heavy atom. The molecule has 0 fully saturated rings. The Balaban J connectivity index is 1.78. The summed E-state index contributed by atoms with van der Waals surface area (Å²) in [5.41, 5.74) is 2.04. The van der Waals surface area contributed by atoms with Gasteiger partial charge in [-0.25, -0.2) is 0 Å². The Labute approximate surface area is 99.1 Å². The van der Waals surface area contributed by atoms with Gasteiger partial charge in [-0.05, 0) is 18.2 Å². The van der Waals surface area contributed by atoms with Crippen LogP contribution in [-0.4, -0.2) is 13.2 Å². The summed E-state index contributed by atoms with van der Waals surface area (Å²) in [6, 6.07) is 7.77. The zero-order chi connectivity index (χ0) is 11.5. The van der Waals surface area contributed by atoms with Crippen LogP contribution in [0.4, 0.5) is 5.69 Å². The number of hydrogen-bond donors (Lipinski definition) is 1. The molecule has 0 aliphatic carbocycles. The predicted octanol–water partition coefficient (Wildman–Crippen LogP) is 2.66. The van der Waals surface area contributed by atoms with Gasteiger partial charge in [0.15, 0.2) is 11.5 Å². The van der Waals surface area contributed by atoms with Crippen LogP contribution in [0.15, 0.2) is 41.2 Å². The number of hydrogen-bond acceptors (Lipinski definition) is 4. The quantitative estimate of drug-likeness (QED) is 0.882. The van der Waals surface area contributed by atoms with Gasteiger partial charge in [0.05, 0.1) is 18.2 Å². The first-order valence-corrected chi connectivity index (χ1v) is 5.57. The fraction of sp³-hybridized carbons (Fsp3) is 0.231. The molecule has 2 heterocycles. The Morgan fingerprint density at radius 3 is 2.94 bits per heavy atom. The minimum atomic E-state index is 0.595. The minimum absolute atomic E-state index is 0.595. The van der Waals surface area contributed by atoms with Crippen molar-refractivity contribution in [3.63, 3.8) is 0 Å². The largest absolute Gasteiger partial charge is 0.486 e. The van der Waals surface area contributed by atoms with Crippen LogP contribution in [0.2, 0.25) is 0 Å². The van der Waals surface area contributed by atoms with Crippen LogP contribution in [0.1, 0.15) is 5.56 Å². The number of para-hydroxylation sites is 1.